The van der Waals surface area contributed by atoms with Crippen LogP contribution in [0.2, 0.25) is 0 Å². The number of urea groups is 1. The average Bonchev–Trinajstić information content (AvgIpc) is 3.52. The van der Waals surface area contributed by atoms with Crippen LogP contribution in [0, 0.1) is 11.3 Å². The van der Waals surface area contributed by atoms with Gasteiger partial charge in [-0.05, 0) is 64.1 Å². The van der Waals surface area contributed by atoms with Gasteiger partial charge < -0.3 is 15.5 Å². The van der Waals surface area contributed by atoms with Crippen molar-refractivity contribution in [1.82, 2.24) is 20.1 Å². The van der Waals surface area contributed by atoms with Crippen molar-refractivity contribution in [2.24, 2.45) is 4.99 Å². The van der Waals surface area contributed by atoms with E-state index in [-0.39, 0.29) is 11.3 Å². The zero-order valence-corrected chi connectivity index (χ0v) is 24.0. The van der Waals surface area contributed by atoms with Crippen LogP contribution in [0.3, 0.4) is 0 Å². The highest BCUT2D eigenvalue weighted by molar-refractivity contribution is 8.14. The number of aliphatic imine (C=N–C) groups is 1. The fraction of sp³-hybridized carbons (Fsp3) is 0.429. The van der Waals surface area contributed by atoms with E-state index in [1.54, 1.807) is 29.3 Å². The molecule has 3 aromatic rings. The lowest BCUT2D eigenvalue weighted by molar-refractivity contribution is 0.241. The molecule has 5 rings (SSSR count). The van der Waals surface area contributed by atoms with Gasteiger partial charge in [0.1, 0.15) is 10.9 Å². The Bertz CT molecular complexity index is 1380. The molecular formula is C28H34N8OS2. The van der Waals surface area contributed by atoms with Crippen LogP contribution < -0.4 is 16.0 Å². The fourth-order valence-corrected chi connectivity index (χ4v) is 7.20. The van der Waals surface area contributed by atoms with Crippen molar-refractivity contribution < 1.29 is 4.79 Å². The number of hydrogen-bond donors (Lipinski definition) is 3. The Kier molecular flexibility index (Phi) is 8.98. The summed E-state index contributed by atoms with van der Waals surface area (Å²) in [5.41, 5.74) is 3.58. The smallest absolute Gasteiger partial charge is 0.325 e. The van der Waals surface area contributed by atoms with Crippen molar-refractivity contribution in [1.29, 1.82) is 5.26 Å². The molecule has 2 aliphatic rings. The standard InChI is InChI=1S/C28H34N8OS2/c1-35(2)12-6-13-36-14-10-22-23(18-36)39-26-24(22)25(19(15-29)16-31-26)30-11-9-21-17-32-28(38-21)34-27(37)33-20-7-4-3-5-8-20/h3-5,7-8,16,21H,6,9-14,17-18H2,1-2H3,(H,30,31)(H2,32,33,34,37). The monoisotopic (exact) mass is 562 g/mol. The molecule has 3 N–H and O–H groups in total. The van der Waals surface area contributed by atoms with E-state index in [1.165, 1.54) is 10.4 Å². The maximum atomic E-state index is 12.3. The number of aromatic nitrogens is 1. The van der Waals surface area contributed by atoms with Crippen LogP contribution >= 0.6 is 23.1 Å². The number of para-hydroxylation sites is 1. The van der Waals surface area contributed by atoms with Gasteiger partial charge in [0.25, 0.3) is 0 Å². The molecule has 0 aliphatic carbocycles. The molecule has 2 aliphatic heterocycles. The quantitative estimate of drug-likeness (QED) is 0.351. The zero-order chi connectivity index (χ0) is 27.2. The number of carbonyl (C=O) groups excluding carboxylic acids is 1. The van der Waals surface area contributed by atoms with Crippen LogP contribution in [-0.4, -0.2) is 78.1 Å². The first-order valence-corrected chi connectivity index (χ1v) is 15.0. The van der Waals surface area contributed by atoms with Crippen molar-refractivity contribution >= 4 is 55.9 Å². The summed E-state index contributed by atoms with van der Waals surface area (Å²) in [6.07, 6.45) is 4.70. The van der Waals surface area contributed by atoms with Gasteiger partial charge in [0.15, 0.2) is 5.17 Å². The number of amides is 2. The number of thiophene rings is 1. The maximum Gasteiger partial charge on any atom is 0.325 e. The number of amidine groups is 1. The van der Waals surface area contributed by atoms with E-state index in [0.29, 0.717) is 23.8 Å². The van der Waals surface area contributed by atoms with Crippen molar-refractivity contribution in [3.05, 3.63) is 52.5 Å². The van der Waals surface area contributed by atoms with Gasteiger partial charge >= 0.3 is 6.03 Å². The van der Waals surface area contributed by atoms with Gasteiger partial charge in [-0.3, -0.25) is 15.2 Å². The first-order chi connectivity index (χ1) is 19.0. The Labute approximate surface area is 237 Å². The Morgan fingerprint density at radius 2 is 2.10 bits per heavy atom. The number of carbonyl (C=O) groups is 1. The highest BCUT2D eigenvalue weighted by Gasteiger charge is 2.25. The lowest BCUT2D eigenvalue weighted by Crippen LogP contribution is -2.32. The molecule has 0 saturated carbocycles. The summed E-state index contributed by atoms with van der Waals surface area (Å²) in [4.78, 5) is 28.6. The van der Waals surface area contributed by atoms with E-state index in [1.807, 2.05) is 30.3 Å². The predicted octanol–water partition coefficient (Wildman–Crippen LogP) is 4.57. The first-order valence-electron chi connectivity index (χ1n) is 13.3. The Morgan fingerprint density at radius 3 is 2.90 bits per heavy atom. The SMILES string of the molecule is CN(C)CCCN1CCc2c(sc3ncc(C#N)c(NCCC4CN=C(NC(=O)Nc5ccccc5)S4)c23)C1. The number of nitrogens with one attached hydrogen (secondary N) is 3. The van der Waals surface area contributed by atoms with E-state index in [0.717, 1.165) is 67.0 Å². The summed E-state index contributed by atoms with van der Waals surface area (Å²) in [6.45, 7) is 5.55. The summed E-state index contributed by atoms with van der Waals surface area (Å²) in [6, 6.07) is 11.4. The number of rotatable bonds is 9. The zero-order valence-electron chi connectivity index (χ0n) is 22.4. The third-order valence-electron chi connectivity index (χ3n) is 6.88. The van der Waals surface area contributed by atoms with E-state index < -0.39 is 0 Å². The molecule has 2 amide bonds. The Hall–Kier alpha value is -3.17. The molecule has 204 valence electrons. The molecule has 11 heteroatoms. The predicted molar refractivity (Wildman–Crippen MR) is 162 cm³/mol. The molecule has 0 bridgehead atoms. The van der Waals surface area contributed by atoms with Crippen molar-refractivity contribution in [2.45, 2.75) is 31.1 Å². The minimum atomic E-state index is -0.289. The molecular weight excluding hydrogens is 528 g/mol. The van der Waals surface area contributed by atoms with Crippen LogP contribution in [0.1, 0.15) is 28.8 Å². The van der Waals surface area contributed by atoms with Gasteiger partial charge in [-0.2, -0.15) is 5.26 Å². The lowest BCUT2D eigenvalue weighted by atomic mass is 10.0. The summed E-state index contributed by atoms with van der Waals surface area (Å²) < 4.78 is 0. The summed E-state index contributed by atoms with van der Waals surface area (Å²) in [5.74, 6) is 0. The third kappa shape index (κ3) is 6.89. The molecule has 2 aromatic heterocycles. The molecule has 0 fully saturated rings. The van der Waals surface area contributed by atoms with Crippen molar-refractivity contribution in [3.8, 4) is 6.07 Å². The molecule has 0 radical (unpaired) electrons. The second kappa shape index (κ2) is 12.8. The first kappa shape index (κ1) is 27.4. The van der Waals surface area contributed by atoms with E-state index in [9.17, 15) is 10.1 Å². The third-order valence-corrected chi connectivity index (χ3v) is 9.18. The fourth-order valence-electron chi connectivity index (χ4n) is 4.96. The highest BCUT2D eigenvalue weighted by atomic mass is 32.2. The number of anilines is 2. The number of fused-ring (bicyclic) bond motifs is 3. The van der Waals surface area contributed by atoms with E-state index in [2.05, 4.69) is 55.9 Å². The Balaban J connectivity index is 1.17. The number of thioether (sulfide) groups is 1. The molecule has 0 saturated heterocycles. The van der Waals surface area contributed by atoms with Crippen LogP contribution in [0.25, 0.3) is 10.2 Å². The van der Waals surface area contributed by atoms with E-state index >= 15 is 0 Å². The summed E-state index contributed by atoms with van der Waals surface area (Å²) in [5, 5.41) is 21.1. The second-order valence-corrected chi connectivity index (χ2v) is 12.4. The highest BCUT2D eigenvalue weighted by Crippen LogP contribution is 2.39. The number of nitriles is 1. The van der Waals surface area contributed by atoms with Crippen molar-refractivity contribution in [3.63, 3.8) is 0 Å². The molecule has 4 heterocycles. The van der Waals surface area contributed by atoms with Gasteiger partial charge in [0.2, 0.25) is 0 Å². The van der Waals surface area contributed by atoms with E-state index in [4.69, 9.17) is 0 Å². The Morgan fingerprint density at radius 1 is 1.26 bits per heavy atom. The van der Waals surface area contributed by atoms with Gasteiger partial charge in [-0.15, -0.1) is 11.3 Å². The topological polar surface area (TPSA) is 109 Å². The summed E-state index contributed by atoms with van der Waals surface area (Å²) >= 11 is 3.35. The molecule has 9 nitrogen and oxygen atoms in total. The van der Waals surface area contributed by atoms with Crippen LogP contribution in [0.15, 0.2) is 41.5 Å². The number of pyridine rings is 1. The van der Waals surface area contributed by atoms with Gasteiger partial charge in [0.05, 0.1) is 17.8 Å². The number of hydrogen-bond acceptors (Lipinski definition) is 9. The number of benzene rings is 1. The molecule has 1 atom stereocenters. The van der Waals surface area contributed by atoms with Crippen molar-refractivity contribution in [2.75, 3.05) is 57.5 Å². The molecule has 0 spiro atoms. The van der Waals surface area contributed by atoms with Gasteiger partial charge in [0, 0.05) is 47.0 Å². The van der Waals surface area contributed by atoms with Crippen LogP contribution in [0.4, 0.5) is 16.2 Å². The van der Waals surface area contributed by atoms with Crippen LogP contribution in [-0.2, 0) is 13.0 Å². The molecule has 1 aromatic carbocycles. The minimum Gasteiger partial charge on any atom is -0.383 e. The maximum absolute atomic E-state index is 12.3. The number of nitrogens with zero attached hydrogens (tertiary/aromatic N) is 5. The average molecular weight is 563 g/mol. The minimum absolute atomic E-state index is 0.263. The lowest BCUT2D eigenvalue weighted by Gasteiger charge is -2.27. The summed E-state index contributed by atoms with van der Waals surface area (Å²) in [7, 11) is 4.24. The molecule has 1 unspecified atom stereocenters. The molecule has 39 heavy (non-hydrogen) atoms. The van der Waals surface area contributed by atoms with Crippen LogP contribution in [0.5, 0.6) is 0 Å². The largest absolute Gasteiger partial charge is 0.383 e. The normalized spacial score (nSPS) is 17.1. The second-order valence-electron chi connectivity index (χ2n) is 10.1. The van der Waals surface area contributed by atoms with Gasteiger partial charge in [-0.1, -0.05) is 30.0 Å². The van der Waals surface area contributed by atoms with Gasteiger partial charge in [-0.25, -0.2) is 9.78 Å².